The Hall–Kier alpha value is -3.52. The van der Waals surface area contributed by atoms with Gasteiger partial charge < -0.3 is 14.4 Å². The van der Waals surface area contributed by atoms with Crippen molar-refractivity contribution in [2.45, 2.75) is 32.2 Å². The zero-order valence-corrected chi connectivity index (χ0v) is 19.4. The number of ether oxygens (including phenoxy) is 2. The molecule has 0 radical (unpaired) electrons. The Balaban J connectivity index is 2.12. The van der Waals surface area contributed by atoms with Gasteiger partial charge in [0.25, 0.3) is 5.91 Å². The predicted octanol–water partition coefficient (Wildman–Crippen LogP) is 4.79. The second-order valence-electron chi connectivity index (χ2n) is 7.58. The van der Waals surface area contributed by atoms with E-state index in [0.717, 1.165) is 12.5 Å². The molecular weight excluding hydrogens is 463 g/mol. The topological polar surface area (TPSA) is 85.8 Å². The standard InChI is InChI=1S/C25H24ClFN2O5/c1-3-11-34-25(32)18-9-5-4-8-17(18)23(30)29(15-16-7-6-10-28-14-16)22-12-19(24(31)33-2)20(26)13-21(22)27/h3,6-7,10,12-14H,1,4-5,8-9,11,15H2,2H3. The summed E-state index contributed by atoms with van der Waals surface area (Å²) in [5.41, 5.74) is 0.871. The number of esters is 2. The third kappa shape index (κ3) is 5.69. The number of aromatic nitrogens is 1. The number of hydrogen-bond donors (Lipinski definition) is 0. The lowest BCUT2D eigenvalue weighted by atomic mass is 9.90. The Morgan fingerprint density at radius 2 is 1.94 bits per heavy atom. The maximum Gasteiger partial charge on any atom is 0.339 e. The Bertz CT molecular complexity index is 1130. The van der Waals surface area contributed by atoms with Crippen molar-refractivity contribution in [2.24, 2.45) is 0 Å². The number of pyridine rings is 1. The molecule has 0 saturated carbocycles. The van der Waals surface area contributed by atoms with E-state index in [9.17, 15) is 14.4 Å². The molecule has 2 aromatic rings. The summed E-state index contributed by atoms with van der Waals surface area (Å²) in [6, 6.07) is 5.56. The van der Waals surface area contributed by atoms with Crippen LogP contribution in [0.2, 0.25) is 5.02 Å². The lowest BCUT2D eigenvalue weighted by molar-refractivity contribution is -0.138. The van der Waals surface area contributed by atoms with Gasteiger partial charge in [0.05, 0.1) is 29.9 Å². The second kappa shape index (κ2) is 11.6. The molecule has 3 rings (SSSR count). The van der Waals surface area contributed by atoms with Gasteiger partial charge in [0, 0.05) is 23.5 Å². The average molecular weight is 487 g/mol. The van der Waals surface area contributed by atoms with Crippen LogP contribution in [0.15, 0.2) is 60.5 Å². The molecule has 0 atom stereocenters. The Labute approximate surface area is 201 Å². The van der Waals surface area contributed by atoms with Crippen LogP contribution >= 0.6 is 11.6 Å². The third-order valence-corrected chi connectivity index (χ3v) is 5.66. The Morgan fingerprint density at radius 3 is 2.59 bits per heavy atom. The molecule has 0 aliphatic heterocycles. The van der Waals surface area contributed by atoms with Gasteiger partial charge in [0.2, 0.25) is 0 Å². The molecule has 0 bridgehead atoms. The number of benzene rings is 1. The van der Waals surface area contributed by atoms with E-state index in [0.29, 0.717) is 24.8 Å². The fourth-order valence-corrected chi connectivity index (χ4v) is 3.93. The summed E-state index contributed by atoms with van der Waals surface area (Å²) in [4.78, 5) is 43.8. The van der Waals surface area contributed by atoms with Gasteiger partial charge >= 0.3 is 11.9 Å². The molecule has 7 nitrogen and oxygen atoms in total. The molecule has 1 amide bonds. The van der Waals surface area contributed by atoms with Gasteiger partial charge in [-0.05, 0) is 49.4 Å². The highest BCUT2D eigenvalue weighted by molar-refractivity contribution is 6.33. The molecule has 0 saturated heterocycles. The number of rotatable bonds is 8. The number of nitrogens with zero attached hydrogens (tertiary/aromatic N) is 2. The summed E-state index contributed by atoms with van der Waals surface area (Å²) in [6.45, 7) is 3.49. The lowest BCUT2D eigenvalue weighted by Crippen LogP contribution is -2.35. The largest absolute Gasteiger partial charge is 0.465 e. The van der Waals surface area contributed by atoms with Crippen molar-refractivity contribution in [2.75, 3.05) is 18.6 Å². The molecule has 1 aliphatic rings. The molecule has 0 N–H and O–H groups in total. The SMILES string of the molecule is C=CCOC(=O)C1=C(C(=O)N(Cc2cccnc2)c2cc(C(=O)OC)c(Cl)cc2F)CCCC1. The number of halogens is 2. The first-order chi connectivity index (χ1) is 16.4. The number of amides is 1. The highest BCUT2D eigenvalue weighted by Gasteiger charge is 2.31. The second-order valence-corrected chi connectivity index (χ2v) is 7.99. The van der Waals surface area contributed by atoms with Crippen LogP contribution in [0.5, 0.6) is 0 Å². The van der Waals surface area contributed by atoms with Gasteiger partial charge in [-0.2, -0.15) is 0 Å². The predicted molar refractivity (Wildman–Crippen MR) is 125 cm³/mol. The number of hydrogen-bond acceptors (Lipinski definition) is 6. The maximum atomic E-state index is 15.1. The number of carbonyl (C=O) groups is 3. The van der Waals surface area contributed by atoms with Crippen LogP contribution in [0.3, 0.4) is 0 Å². The van der Waals surface area contributed by atoms with Crippen LogP contribution in [-0.2, 0) is 25.6 Å². The Morgan fingerprint density at radius 1 is 1.21 bits per heavy atom. The van der Waals surface area contributed by atoms with E-state index >= 15 is 4.39 Å². The molecule has 0 spiro atoms. The lowest BCUT2D eigenvalue weighted by Gasteiger charge is -2.28. The monoisotopic (exact) mass is 486 g/mol. The summed E-state index contributed by atoms with van der Waals surface area (Å²) in [6.07, 6.45) is 6.68. The van der Waals surface area contributed by atoms with E-state index in [1.165, 1.54) is 24.2 Å². The summed E-state index contributed by atoms with van der Waals surface area (Å²) in [7, 11) is 1.17. The van der Waals surface area contributed by atoms with Gasteiger partial charge in [-0.1, -0.05) is 30.3 Å². The summed E-state index contributed by atoms with van der Waals surface area (Å²) in [5.74, 6) is -2.74. The fourth-order valence-electron chi connectivity index (χ4n) is 3.70. The first kappa shape index (κ1) is 25.1. The molecule has 34 heavy (non-hydrogen) atoms. The fraction of sp³-hybridized carbons (Fsp3) is 0.280. The van der Waals surface area contributed by atoms with E-state index in [-0.39, 0.29) is 40.6 Å². The van der Waals surface area contributed by atoms with Crippen molar-refractivity contribution in [1.82, 2.24) is 4.98 Å². The highest BCUT2D eigenvalue weighted by atomic mass is 35.5. The van der Waals surface area contributed by atoms with E-state index in [1.54, 1.807) is 24.5 Å². The zero-order chi connectivity index (χ0) is 24.7. The molecular formula is C25H24ClFN2O5. The summed E-state index contributed by atoms with van der Waals surface area (Å²) in [5, 5.41) is -0.146. The summed E-state index contributed by atoms with van der Waals surface area (Å²) < 4.78 is 25.0. The van der Waals surface area contributed by atoms with Crippen molar-refractivity contribution >= 4 is 35.1 Å². The van der Waals surface area contributed by atoms with Crippen molar-refractivity contribution in [3.63, 3.8) is 0 Å². The molecule has 1 heterocycles. The maximum absolute atomic E-state index is 15.1. The normalized spacial score (nSPS) is 13.3. The van der Waals surface area contributed by atoms with Crippen LogP contribution in [-0.4, -0.2) is 36.5 Å². The quantitative estimate of drug-likeness (QED) is 0.394. The zero-order valence-electron chi connectivity index (χ0n) is 18.7. The molecule has 0 fully saturated rings. The average Bonchev–Trinajstić information content (AvgIpc) is 2.86. The van der Waals surface area contributed by atoms with Crippen molar-refractivity contribution in [3.05, 3.63) is 82.4 Å². The van der Waals surface area contributed by atoms with Crippen molar-refractivity contribution in [1.29, 1.82) is 0 Å². The van der Waals surface area contributed by atoms with Gasteiger partial charge in [0.1, 0.15) is 12.4 Å². The highest BCUT2D eigenvalue weighted by Crippen LogP contribution is 2.33. The minimum absolute atomic E-state index is 0.0114. The number of methoxy groups -OCH3 is 1. The van der Waals surface area contributed by atoms with Gasteiger partial charge in [0.15, 0.2) is 0 Å². The Kier molecular flexibility index (Phi) is 8.54. The molecule has 1 aromatic heterocycles. The van der Waals surface area contributed by atoms with Crippen LogP contribution < -0.4 is 4.90 Å². The van der Waals surface area contributed by atoms with Gasteiger partial charge in [-0.3, -0.25) is 9.78 Å². The summed E-state index contributed by atoms with van der Waals surface area (Å²) >= 11 is 6.05. The molecule has 1 aliphatic carbocycles. The van der Waals surface area contributed by atoms with E-state index in [2.05, 4.69) is 11.6 Å². The van der Waals surface area contributed by atoms with Crippen LogP contribution in [0, 0.1) is 5.82 Å². The number of carbonyl (C=O) groups excluding carboxylic acids is 3. The van der Waals surface area contributed by atoms with E-state index in [4.69, 9.17) is 21.1 Å². The van der Waals surface area contributed by atoms with Crippen LogP contribution in [0.4, 0.5) is 10.1 Å². The van der Waals surface area contributed by atoms with Gasteiger partial charge in [-0.15, -0.1) is 0 Å². The first-order valence-electron chi connectivity index (χ1n) is 10.7. The van der Waals surface area contributed by atoms with Crippen molar-refractivity contribution in [3.8, 4) is 0 Å². The van der Waals surface area contributed by atoms with Crippen LogP contribution in [0.25, 0.3) is 0 Å². The number of anilines is 1. The van der Waals surface area contributed by atoms with Gasteiger partial charge in [-0.25, -0.2) is 14.0 Å². The molecule has 1 aromatic carbocycles. The van der Waals surface area contributed by atoms with E-state index < -0.39 is 23.7 Å². The molecule has 178 valence electrons. The van der Waals surface area contributed by atoms with Crippen molar-refractivity contribution < 1.29 is 28.2 Å². The third-order valence-electron chi connectivity index (χ3n) is 5.35. The molecule has 0 unspecified atom stereocenters. The first-order valence-corrected chi connectivity index (χ1v) is 11.0. The molecule has 9 heteroatoms. The minimum atomic E-state index is -0.804. The van der Waals surface area contributed by atoms with E-state index in [1.807, 2.05) is 0 Å². The minimum Gasteiger partial charge on any atom is -0.465 e. The van der Waals surface area contributed by atoms with Crippen LogP contribution in [0.1, 0.15) is 41.6 Å². The smallest absolute Gasteiger partial charge is 0.339 e.